The van der Waals surface area contributed by atoms with Gasteiger partial charge in [-0.1, -0.05) is 68.4 Å². The summed E-state index contributed by atoms with van der Waals surface area (Å²) in [6, 6.07) is 10.4. The minimum absolute atomic E-state index is 0.198. The first kappa shape index (κ1) is 27.4. The molecule has 5 heteroatoms. The number of hydrogen-bond donors (Lipinski definition) is 2. The van der Waals surface area contributed by atoms with Gasteiger partial charge in [-0.05, 0) is 57.8 Å². The first-order chi connectivity index (χ1) is 14.1. The molecule has 1 atom stereocenters. The van der Waals surface area contributed by atoms with Gasteiger partial charge in [-0.15, -0.1) is 0 Å². The summed E-state index contributed by atoms with van der Waals surface area (Å²) in [5.41, 5.74) is 7.72. The standard InChI is InChI=1S/C25H48BNO2Si/c1-6-29-26(28)21-11-9-19-25(27,20-10-12-22-30(3,4)5)18-8-7-13-24-16-14-23(2)15-17-24/h14-17,28H,6-13,18-22,27H2,1-5H3/p+1. The van der Waals surface area contributed by atoms with Crippen molar-refractivity contribution in [1.82, 2.24) is 0 Å². The Hall–Kier alpha value is -0.618. The van der Waals surface area contributed by atoms with E-state index < -0.39 is 15.2 Å². The van der Waals surface area contributed by atoms with Crippen molar-refractivity contribution in [3.8, 4) is 0 Å². The molecule has 0 fully saturated rings. The molecule has 0 amide bonds. The van der Waals surface area contributed by atoms with Crippen molar-refractivity contribution in [3.63, 3.8) is 0 Å². The van der Waals surface area contributed by atoms with Gasteiger partial charge in [0.15, 0.2) is 0 Å². The molecule has 1 unspecified atom stereocenters. The highest BCUT2D eigenvalue weighted by Gasteiger charge is 2.28. The lowest BCUT2D eigenvalue weighted by Crippen LogP contribution is -2.72. The first-order valence-electron chi connectivity index (χ1n) is 12.3. The average molecular weight is 435 g/mol. The largest absolute Gasteiger partial charge is 0.454 e. The summed E-state index contributed by atoms with van der Waals surface area (Å²) in [5.74, 6) is 0. The SMILES string of the molecule is CCOB(O)CCCCC([NH3+])(CCCCc1ccc(C)cc1)CCCC[Si](C)(C)C. The Labute approximate surface area is 188 Å². The fourth-order valence-corrected chi connectivity index (χ4v) is 5.52. The van der Waals surface area contributed by atoms with Gasteiger partial charge in [0.2, 0.25) is 0 Å². The quantitative estimate of drug-likeness (QED) is 0.237. The topological polar surface area (TPSA) is 57.1 Å². The number of unbranched alkanes of at least 4 members (excludes halogenated alkanes) is 3. The normalized spacial score (nSPS) is 14.0. The van der Waals surface area contributed by atoms with E-state index in [9.17, 15) is 5.02 Å². The third-order valence-electron chi connectivity index (χ3n) is 6.19. The predicted molar refractivity (Wildman–Crippen MR) is 135 cm³/mol. The van der Waals surface area contributed by atoms with E-state index in [-0.39, 0.29) is 5.54 Å². The molecule has 1 aromatic carbocycles. The summed E-state index contributed by atoms with van der Waals surface area (Å²) in [5, 5.41) is 9.79. The summed E-state index contributed by atoms with van der Waals surface area (Å²) < 4.78 is 5.26. The van der Waals surface area contributed by atoms with Crippen LogP contribution in [0.3, 0.4) is 0 Å². The van der Waals surface area contributed by atoms with Gasteiger partial charge in [0.05, 0.1) is 5.54 Å². The van der Waals surface area contributed by atoms with E-state index in [2.05, 4.69) is 50.8 Å². The Morgan fingerprint density at radius 3 is 2.07 bits per heavy atom. The lowest BCUT2D eigenvalue weighted by molar-refractivity contribution is -0.484. The van der Waals surface area contributed by atoms with Gasteiger partial charge < -0.3 is 15.4 Å². The van der Waals surface area contributed by atoms with Gasteiger partial charge in [-0.2, -0.15) is 0 Å². The van der Waals surface area contributed by atoms with Crippen LogP contribution in [-0.4, -0.2) is 32.4 Å². The summed E-state index contributed by atoms with van der Waals surface area (Å²) in [6.45, 7) is 12.1. The number of benzene rings is 1. The maximum Gasteiger partial charge on any atom is 0.454 e. The first-order valence-corrected chi connectivity index (χ1v) is 16.0. The molecule has 1 aromatic rings. The van der Waals surface area contributed by atoms with Crippen LogP contribution >= 0.6 is 0 Å². The molecule has 0 aliphatic carbocycles. The van der Waals surface area contributed by atoms with Crippen LogP contribution in [0.1, 0.15) is 75.8 Å². The van der Waals surface area contributed by atoms with Crippen molar-refractivity contribution in [3.05, 3.63) is 35.4 Å². The maximum atomic E-state index is 9.79. The van der Waals surface area contributed by atoms with Gasteiger partial charge in [0, 0.05) is 33.9 Å². The Bertz CT molecular complexity index is 561. The zero-order valence-electron chi connectivity index (χ0n) is 20.6. The van der Waals surface area contributed by atoms with Gasteiger partial charge in [0.1, 0.15) is 0 Å². The second-order valence-corrected chi connectivity index (χ2v) is 16.2. The van der Waals surface area contributed by atoms with Gasteiger partial charge in [-0.3, -0.25) is 0 Å². The van der Waals surface area contributed by atoms with Crippen LogP contribution in [0.5, 0.6) is 0 Å². The molecule has 0 bridgehead atoms. The Morgan fingerprint density at radius 1 is 0.933 bits per heavy atom. The lowest BCUT2D eigenvalue weighted by atomic mass is 9.79. The maximum absolute atomic E-state index is 9.79. The molecular weight excluding hydrogens is 385 g/mol. The molecule has 0 aliphatic heterocycles. The third kappa shape index (κ3) is 13.6. The highest BCUT2D eigenvalue weighted by atomic mass is 28.3. The molecule has 4 N–H and O–H groups in total. The van der Waals surface area contributed by atoms with Gasteiger partial charge in [0.25, 0.3) is 0 Å². The molecule has 0 spiro atoms. The molecule has 0 saturated carbocycles. The Kier molecular flexibility index (Phi) is 13.2. The monoisotopic (exact) mass is 434 g/mol. The molecule has 3 nitrogen and oxygen atoms in total. The van der Waals surface area contributed by atoms with Crippen molar-refractivity contribution >= 4 is 15.2 Å². The summed E-state index contributed by atoms with van der Waals surface area (Å²) in [4.78, 5) is 0. The molecule has 0 aromatic heterocycles. The highest BCUT2D eigenvalue weighted by molar-refractivity contribution is 6.76. The van der Waals surface area contributed by atoms with Crippen LogP contribution in [-0.2, 0) is 11.1 Å². The van der Waals surface area contributed by atoms with Crippen LogP contribution in [0.25, 0.3) is 0 Å². The summed E-state index contributed by atoms with van der Waals surface area (Å²) >= 11 is 0. The predicted octanol–water partition coefficient (Wildman–Crippen LogP) is 5.88. The number of rotatable bonds is 17. The van der Waals surface area contributed by atoms with Crippen LogP contribution in [0, 0.1) is 6.92 Å². The van der Waals surface area contributed by atoms with E-state index in [1.165, 1.54) is 68.5 Å². The molecule has 0 aliphatic rings. The second-order valence-electron chi connectivity index (χ2n) is 10.6. The number of aryl methyl sites for hydroxylation is 2. The zero-order valence-corrected chi connectivity index (χ0v) is 21.6. The van der Waals surface area contributed by atoms with E-state index in [4.69, 9.17) is 10.4 Å². The fraction of sp³-hybridized carbons (Fsp3) is 0.760. The van der Waals surface area contributed by atoms with Crippen molar-refractivity contribution < 1.29 is 15.4 Å². The fourth-order valence-electron chi connectivity index (χ4n) is 4.21. The molecule has 1 rings (SSSR count). The van der Waals surface area contributed by atoms with Gasteiger partial charge in [-0.25, -0.2) is 0 Å². The van der Waals surface area contributed by atoms with E-state index in [1.807, 2.05) is 6.92 Å². The molecule has 172 valence electrons. The van der Waals surface area contributed by atoms with Crippen molar-refractivity contribution in [2.75, 3.05) is 6.61 Å². The summed E-state index contributed by atoms with van der Waals surface area (Å²) in [7, 11) is -1.54. The molecular formula is C25H49BNO2Si+. The third-order valence-corrected chi connectivity index (χ3v) is 8.05. The zero-order chi connectivity index (χ0) is 22.5. The highest BCUT2D eigenvalue weighted by Crippen LogP contribution is 2.26. The number of quaternary nitrogens is 1. The molecule has 0 radical (unpaired) electrons. The minimum Gasteiger partial charge on any atom is -0.427 e. The molecule has 30 heavy (non-hydrogen) atoms. The molecule has 0 heterocycles. The Balaban J connectivity index is 2.43. The van der Waals surface area contributed by atoms with Crippen LogP contribution < -0.4 is 5.73 Å². The van der Waals surface area contributed by atoms with Crippen LogP contribution in [0.4, 0.5) is 0 Å². The Morgan fingerprint density at radius 2 is 1.50 bits per heavy atom. The molecule has 0 saturated heterocycles. The van der Waals surface area contributed by atoms with Crippen molar-refractivity contribution in [2.45, 2.75) is 116 Å². The minimum atomic E-state index is -0.940. The second kappa shape index (κ2) is 14.4. The smallest absolute Gasteiger partial charge is 0.427 e. The van der Waals surface area contributed by atoms with Crippen molar-refractivity contribution in [2.24, 2.45) is 0 Å². The van der Waals surface area contributed by atoms with E-state index in [0.717, 1.165) is 19.2 Å². The van der Waals surface area contributed by atoms with E-state index in [0.29, 0.717) is 6.61 Å². The van der Waals surface area contributed by atoms with E-state index >= 15 is 0 Å². The lowest BCUT2D eigenvalue weighted by Gasteiger charge is -2.27. The van der Waals surface area contributed by atoms with Gasteiger partial charge >= 0.3 is 7.12 Å². The van der Waals surface area contributed by atoms with Crippen molar-refractivity contribution in [1.29, 1.82) is 0 Å². The van der Waals surface area contributed by atoms with Crippen LogP contribution in [0.15, 0.2) is 24.3 Å². The average Bonchev–Trinajstić information content (AvgIpc) is 2.67. The van der Waals surface area contributed by atoms with Crippen LogP contribution in [0.2, 0.25) is 32.0 Å². The number of hydrogen-bond acceptors (Lipinski definition) is 2. The van der Waals surface area contributed by atoms with E-state index in [1.54, 1.807) is 0 Å². The summed E-state index contributed by atoms with van der Waals surface area (Å²) in [6.07, 6.45) is 12.9.